The van der Waals surface area contributed by atoms with Crippen molar-refractivity contribution in [2.24, 2.45) is 5.92 Å². The number of nitrogen functional groups attached to an aromatic ring is 1. The van der Waals surface area contributed by atoms with Crippen LogP contribution in [0.5, 0.6) is 0 Å². The number of sulfonamides is 1. The van der Waals surface area contributed by atoms with Crippen molar-refractivity contribution < 1.29 is 13.2 Å². The summed E-state index contributed by atoms with van der Waals surface area (Å²) < 4.78 is 27.1. The number of carbonyl (C=O) groups excluding carboxylic acids is 1. The number of thiazole rings is 1. The standard InChI is InChI=1S/C19H27N5O3S2/c1-12(2)11-29(26,27)24-15-7-5-14(6-8-15)22-19-23-18(20)17(28-19)16(25)13-4-3-9-21-10-13/h3-4,9-10,12,14-15,24H,5-8,11,20H2,1-2H3,(H,22,23)/t14-,15-. The van der Waals surface area contributed by atoms with Crippen molar-refractivity contribution >= 4 is 38.1 Å². The smallest absolute Gasteiger partial charge is 0.212 e. The van der Waals surface area contributed by atoms with Crippen molar-refractivity contribution in [2.45, 2.75) is 51.6 Å². The van der Waals surface area contributed by atoms with E-state index in [1.807, 2.05) is 13.8 Å². The summed E-state index contributed by atoms with van der Waals surface area (Å²) in [4.78, 5) is 21.2. The van der Waals surface area contributed by atoms with Crippen LogP contribution >= 0.6 is 11.3 Å². The summed E-state index contributed by atoms with van der Waals surface area (Å²) in [6, 6.07) is 3.55. The van der Waals surface area contributed by atoms with E-state index in [1.54, 1.807) is 18.3 Å². The summed E-state index contributed by atoms with van der Waals surface area (Å²) >= 11 is 1.24. The molecule has 2 heterocycles. The minimum atomic E-state index is -3.23. The SMILES string of the molecule is CC(C)CS(=O)(=O)N[C@H]1CC[C@H](Nc2nc(N)c(C(=O)c3cccnc3)s2)CC1. The van der Waals surface area contributed by atoms with E-state index in [9.17, 15) is 13.2 Å². The van der Waals surface area contributed by atoms with Gasteiger partial charge in [-0.25, -0.2) is 18.1 Å². The Morgan fingerprint density at radius 1 is 1.28 bits per heavy atom. The van der Waals surface area contributed by atoms with E-state index in [0.717, 1.165) is 25.7 Å². The maximum atomic E-state index is 12.6. The van der Waals surface area contributed by atoms with E-state index in [4.69, 9.17) is 5.73 Å². The summed E-state index contributed by atoms with van der Waals surface area (Å²) in [6.07, 6.45) is 6.28. The number of aromatic nitrogens is 2. The number of hydrogen-bond donors (Lipinski definition) is 3. The Labute approximate surface area is 175 Å². The largest absolute Gasteiger partial charge is 0.382 e. The molecule has 1 saturated carbocycles. The zero-order valence-corrected chi connectivity index (χ0v) is 18.2. The summed E-state index contributed by atoms with van der Waals surface area (Å²) in [7, 11) is -3.23. The molecule has 2 aromatic rings. The molecule has 158 valence electrons. The van der Waals surface area contributed by atoms with Crippen LogP contribution < -0.4 is 15.8 Å². The minimum absolute atomic E-state index is 0.0270. The van der Waals surface area contributed by atoms with Gasteiger partial charge in [-0.1, -0.05) is 25.2 Å². The predicted molar refractivity (Wildman–Crippen MR) is 116 cm³/mol. The van der Waals surface area contributed by atoms with Gasteiger partial charge < -0.3 is 11.1 Å². The number of hydrogen-bond acceptors (Lipinski definition) is 8. The van der Waals surface area contributed by atoms with E-state index in [2.05, 4.69) is 20.0 Å². The van der Waals surface area contributed by atoms with Gasteiger partial charge in [-0.3, -0.25) is 9.78 Å². The number of nitrogens with two attached hydrogens (primary N) is 1. The molecule has 0 atom stereocenters. The lowest BCUT2D eigenvalue weighted by molar-refractivity contribution is 0.104. The highest BCUT2D eigenvalue weighted by molar-refractivity contribution is 7.89. The lowest BCUT2D eigenvalue weighted by Gasteiger charge is -2.29. The van der Waals surface area contributed by atoms with Crippen LogP contribution in [-0.2, 0) is 10.0 Å². The lowest BCUT2D eigenvalue weighted by atomic mass is 9.92. The molecule has 29 heavy (non-hydrogen) atoms. The van der Waals surface area contributed by atoms with Gasteiger partial charge in [0.05, 0.1) is 5.75 Å². The number of ketones is 1. The molecule has 0 aromatic carbocycles. The molecule has 2 aromatic heterocycles. The second-order valence-electron chi connectivity index (χ2n) is 7.79. The lowest BCUT2D eigenvalue weighted by Crippen LogP contribution is -2.41. The van der Waals surface area contributed by atoms with Crippen LogP contribution in [0.25, 0.3) is 0 Å². The van der Waals surface area contributed by atoms with Crippen LogP contribution in [0.3, 0.4) is 0 Å². The third-order valence-corrected chi connectivity index (χ3v) is 7.54. The van der Waals surface area contributed by atoms with Crippen molar-refractivity contribution in [1.29, 1.82) is 0 Å². The first-order valence-corrected chi connectivity index (χ1v) is 12.2. The fourth-order valence-electron chi connectivity index (χ4n) is 3.46. The Morgan fingerprint density at radius 2 is 1.97 bits per heavy atom. The molecule has 8 nitrogen and oxygen atoms in total. The highest BCUT2D eigenvalue weighted by Gasteiger charge is 2.26. The Bertz CT molecular complexity index is 936. The van der Waals surface area contributed by atoms with Gasteiger partial charge in [0.25, 0.3) is 0 Å². The summed E-state index contributed by atoms with van der Waals surface area (Å²) in [6.45, 7) is 3.79. The summed E-state index contributed by atoms with van der Waals surface area (Å²) in [5, 5.41) is 3.96. The van der Waals surface area contributed by atoms with E-state index in [0.29, 0.717) is 15.6 Å². The highest BCUT2D eigenvalue weighted by atomic mass is 32.2. The molecular weight excluding hydrogens is 410 g/mol. The maximum absolute atomic E-state index is 12.6. The number of nitrogens with zero attached hydrogens (tertiary/aromatic N) is 2. The zero-order valence-electron chi connectivity index (χ0n) is 16.6. The molecular formula is C19H27N5O3S2. The van der Waals surface area contributed by atoms with E-state index >= 15 is 0 Å². The van der Waals surface area contributed by atoms with Gasteiger partial charge in [-0.15, -0.1) is 0 Å². The highest BCUT2D eigenvalue weighted by Crippen LogP contribution is 2.30. The van der Waals surface area contributed by atoms with Crippen LogP contribution in [0.1, 0.15) is 54.8 Å². The summed E-state index contributed by atoms with van der Waals surface area (Å²) in [5.41, 5.74) is 6.43. The second-order valence-corrected chi connectivity index (χ2v) is 10.6. The van der Waals surface area contributed by atoms with Crippen LogP contribution in [0.15, 0.2) is 24.5 Å². The number of nitrogens with one attached hydrogen (secondary N) is 2. The third-order valence-electron chi connectivity index (χ3n) is 4.74. The van der Waals surface area contributed by atoms with Gasteiger partial charge >= 0.3 is 0 Å². The van der Waals surface area contributed by atoms with Gasteiger partial charge in [-0.05, 0) is 43.7 Å². The van der Waals surface area contributed by atoms with Gasteiger partial charge in [0.15, 0.2) is 5.13 Å². The van der Waals surface area contributed by atoms with Crippen LogP contribution in [0.4, 0.5) is 10.9 Å². The number of pyridine rings is 1. The molecule has 0 unspecified atom stereocenters. The minimum Gasteiger partial charge on any atom is -0.382 e. The second kappa shape index (κ2) is 9.19. The van der Waals surface area contributed by atoms with Gasteiger partial charge in [0.1, 0.15) is 10.7 Å². The van der Waals surface area contributed by atoms with E-state index < -0.39 is 10.0 Å². The maximum Gasteiger partial charge on any atom is 0.212 e. The van der Waals surface area contributed by atoms with Crippen LogP contribution in [0.2, 0.25) is 0 Å². The first kappa shape index (κ1) is 21.7. The van der Waals surface area contributed by atoms with Crippen molar-refractivity contribution in [2.75, 3.05) is 16.8 Å². The first-order chi connectivity index (χ1) is 13.7. The van der Waals surface area contributed by atoms with Crippen LogP contribution in [-0.4, -0.2) is 42.0 Å². The fraction of sp³-hybridized carbons (Fsp3) is 0.526. The third kappa shape index (κ3) is 5.97. The quantitative estimate of drug-likeness (QED) is 0.542. The van der Waals surface area contributed by atoms with Crippen molar-refractivity contribution in [3.05, 3.63) is 35.0 Å². The number of anilines is 2. The van der Waals surface area contributed by atoms with Crippen molar-refractivity contribution in [3.8, 4) is 0 Å². The molecule has 0 bridgehead atoms. The Hall–Kier alpha value is -2.04. The first-order valence-electron chi connectivity index (χ1n) is 9.71. The monoisotopic (exact) mass is 437 g/mol. The molecule has 1 aliphatic rings. The zero-order chi connectivity index (χ0) is 21.0. The molecule has 1 aliphatic carbocycles. The molecule has 4 N–H and O–H groups in total. The predicted octanol–water partition coefficient (Wildman–Crippen LogP) is 2.65. The van der Waals surface area contributed by atoms with Gasteiger partial charge in [0, 0.05) is 30.0 Å². The topological polar surface area (TPSA) is 127 Å². The Kier molecular flexibility index (Phi) is 6.86. The average Bonchev–Trinajstić information content (AvgIpc) is 3.02. The van der Waals surface area contributed by atoms with E-state index in [1.165, 1.54) is 17.5 Å². The van der Waals surface area contributed by atoms with Crippen molar-refractivity contribution in [3.63, 3.8) is 0 Å². The molecule has 0 spiro atoms. The summed E-state index contributed by atoms with van der Waals surface area (Å²) in [5.74, 6) is 0.271. The molecule has 0 radical (unpaired) electrons. The number of carbonyl (C=O) groups is 1. The molecule has 3 rings (SSSR count). The van der Waals surface area contributed by atoms with Gasteiger partial charge in [0.2, 0.25) is 15.8 Å². The molecule has 10 heteroatoms. The average molecular weight is 438 g/mol. The van der Waals surface area contributed by atoms with Crippen LogP contribution in [0, 0.1) is 5.92 Å². The molecule has 0 aliphatic heterocycles. The van der Waals surface area contributed by atoms with E-state index in [-0.39, 0.29) is 35.4 Å². The Balaban J connectivity index is 1.55. The van der Waals surface area contributed by atoms with Gasteiger partial charge in [-0.2, -0.15) is 0 Å². The molecule has 0 amide bonds. The molecule has 1 fully saturated rings. The normalized spacial score (nSPS) is 20.0. The number of rotatable bonds is 8. The Morgan fingerprint density at radius 3 is 2.59 bits per heavy atom. The molecule has 0 saturated heterocycles. The fourth-order valence-corrected chi connectivity index (χ4v) is 6.10. The van der Waals surface area contributed by atoms with Crippen molar-refractivity contribution in [1.82, 2.24) is 14.7 Å².